The SMILES string of the molecule is CC1CN(S(=O)(=O)c2ccc(C(=O)Nc3nnc(C(C)(C)C)o3)cc2)CC(C)O1. The smallest absolute Gasteiger partial charge is 0.322 e. The van der Waals surface area contributed by atoms with Crippen LogP contribution < -0.4 is 5.32 Å². The van der Waals surface area contributed by atoms with Gasteiger partial charge in [0.25, 0.3) is 5.91 Å². The third-order valence-corrected chi connectivity index (χ3v) is 6.27. The molecule has 1 fully saturated rings. The van der Waals surface area contributed by atoms with Crippen molar-refractivity contribution in [3.63, 3.8) is 0 Å². The maximum Gasteiger partial charge on any atom is 0.322 e. The molecule has 0 bridgehead atoms. The largest absolute Gasteiger partial charge is 0.407 e. The Labute approximate surface area is 170 Å². The van der Waals surface area contributed by atoms with Gasteiger partial charge in [0.15, 0.2) is 0 Å². The average Bonchev–Trinajstić information content (AvgIpc) is 3.10. The Morgan fingerprint density at radius 1 is 1.10 bits per heavy atom. The van der Waals surface area contributed by atoms with Gasteiger partial charge in [0.05, 0.1) is 17.1 Å². The van der Waals surface area contributed by atoms with Gasteiger partial charge < -0.3 is 9.15 Å². The van der Waals surface area contributed by atoms with Crippen molar-refractivity contribution in [2.24, 2.45) is 0 Å². The standard InChI is InChI=1S/C19H26N4O5S/c1-12-10-23(11-13(2)27-12)29(25,26)15-8-6-14(7-9-15)16(24)20-18-22-21-17(28-18)19(3,4)5/h6-9,12-13H,10-11H2,1-5H3,(H,20,22,24). The first-order chi connectivity index (χ1) is 13.5. The number of benzene rings is 1. The molecule has 0 saturated carbocycles. The summed E-state index contributed by atoms with van der Waals surface area (Å²) in [5.41, 5.74) is -0.0522. The molecule has 10 heteroatoms. The van der Waals surface area contributed by atoms with E-state index >= 15 is 0 Å². The molecule has 1 aromatic heterocycles. The lowest BCUT2D eigenvalue weighted by Gasteiger charge is -2.34. The summed E-state index contributed by atoms with van der Waals surface area (Å²) in [5, 5.41) is 10.3. The van der Waals surface area contributed by atoms with E-state index in [1.54, 1.807) is 0 Å². The summed E-state index contributed by atoms with van der Waals surface area (Å²) in [7, 11) is -3.66. The predicted octanol–water partition coefficient (Wildman–Crippen LogP) is 2.42. The fourth-order valence-electron chi connectivity index (χ4n) is 3.00. The first-order valence-corrected chi connectivity index (χ1v) is 10.8. The van der Waals surface area contributed by atoms with Crippen LogP contribution in [0.4, 0.5) is 6.01 Å². The van der Waals surface area contributed by atoms with Gasteiger partial charge in [-0.15, -0.1) is 5.10 Å². The monoisotopic (exact) mass is 422 g/mol. The summed E-state index contributed by atoms with van der Waals surface area (Å²) in [4.78, 5) is 12.5. The van der Waals surface area contributed by atoms with E-state index in [-0.39, 0.29) is 34.1 Å². The second kappa shape index (κ2) is 7.85. The van der Waals surface area contributed by atoms with Gasteiger partial charge in [0.2, 0.25) is 15.9 Å². The van der Waals surface area contributed by atoms with E-state index in [4.69, 9.17) is 9.15 Å². The van der Waals surface area contributed by atoms with Crippen LogP contribution in [0, 0.1) is 0 Å². The van der Waals surface area contributed by atoms with Crippen molar-refractivity contribution in [1.82, 2.24) is 14.5 Å². The maximum atomic E-state index is 12.9. The third-order valence-electron chi connectivity index (χ3n) is 4.43. The summed E-state index contributed by atoms with van der Waals surface area (Å²) in [5.74, 6) is -0.0603. The predicted molar refractivity (Wildman–Crippen MR) is 106 cm³/mol. The van der Waals surface area contributed by atoms with E-state index in [9.17, 15) is 13.2 Å². The highest BCUT2D eigenvalue weighted by Crippen LogP contribution is 2.23. The number of ether oxygens (including phenoxy) is 1. The van der Waals surface area contributed by atoms with Crippen molar-refractivity contribution >= 4 is 21.9 Å². The Balaban J connectivity index is 1.72. The summed E-state index contributed by atoms with van der Waals surface area (Å²) >= 11 is 0. The van der Waals surface area contributed by atoms with Crippen molar-refractivity contribution in [3.05, 3.63) is 35.7 Å². The van der Waals surface area contributed by atoms with Crippen LogP contribution in [0.3, 0.4) is 0 Å². The van der Waals surface area contributed by atoms with Gasteiger partial charge in [0, 0.05) is 24.1 Å². The lowest BCUT2D eigenvalue weighted by atomic mass is 9.97. The van der Waals surface area contributed by atoms with Crippen LogP contribution in [-0.4, -0.2) is 54.1 Å². The van der Waals surface area contributed by atoms with Gasteiger partial charge in [-0.3, -0.25) is 10.1 Å². The van der Waals surface area contributed by atoms with E-state index in [1.165, 1.54) is 28.6 Å². The number of aromatic nitrogens is 2. The minimum Gasteiger partial charge on any atom is -0.407 e. The molecule has 0 spiro atoms. The number of amides is 1. The van der Waals surface area contributed by atoms with Gasteiger partial charge in [-0.1, -0.05) is 25.9 Å². The Morgan fingerprint density at radius 2 is 1.69 bits per heavy atom. The van der Waals surface area contributed by atoms with Gasteiger partial charge in [-0.25, -0.2) is 8.42 Å². The van der Waals surface area contributed by atoms with Crippen LogP contribution in [0.1, 0.15) is 50.9 Å². The summed E-state index contributed by atoms with van der Waals surface area (Å²) in [6.07, 6.45) is -0.350. The number of hydrogen-bond acceptors (Lipinski definition) is 7. The number of anilines is 1. The molecular weight excluding hydrogens is 396 g/mol. The molecule has 1 aliphatic heterocycles. The highest BCUT2D eigenvalue weighted by molar-refractivity contribution is 7.89. The van der Waals surface area contributed by atoms with E-state index in [2.05, 4.69) is 15.5 Å². The van der Waals surface area contributed by atoms with Gasteiger partial charge >= 0.3 is 6.01 Å². The van der Waals surface area contributed by atoms with Crippen LogP contribution >= 0.6 is 0 Å². The van der Waals surface area contributed by atoms with E-state index in [0.29, 0.717) is 19.0 Å². The molecule has 9 nitrogen and oxygen atoms in total. The fraction of sp³-hybridized carbons (Fsp3) is 0.526. The molecule has 3 rings (SSSR count). The molecule has 1 aromatic carbocycles. The minimum atomic E-state index is -3.66. The Morgan fingerprint density at radius 3 is 2.21 bits per heavy atom. The zero-order valence-electron chi connectivity index (χ0n) is 17.2. The number of nitrogens with zero attached hydrogens (tertiary/aromatic N) is 3. The first-order valence-electron chi connectivity index (χ1n) is 9.38. The van der Waals surface area contributed by atoms with Crippen molar-refractivity contribution in [2.75, 3.05) is 18.4 Å². The lowest BCUT2D eigenvalue weighted by Crippen LogP contribution is -2.48. The number of sulfonamides is 1. The summed E-state index contributed by atoms with van der Waals surface area (Å²) in [6.45, 7) is 10.0. The molecule has 29 heavy (non-hydrogen) atoms. The van der Waals surface area contributed by atoms with Crippen LogP contribution in [0.15, 0.2) is 33.6 Å². The van der Waals surface area contributed by atoms with Crippen molar-refractivity contribution in [3.8, 4) is 0 Å². The number of morpholine rings is 1. The number of nitrogens with one attached hydrogen (secondary N) is 1. The maximum absolute atomic E-state index is 12.9. The molecule has 158 valence electrons. The number of carbonyl (C=O) groups excluding carboxylic acids is 1. The molecule has 2 aromatic rings. The second-order valence-corrected chi connectivity index (χ2v) is 10.2. The van der Waals surface area contributed by atoms with E-state index in [0.717, 1.165) is 0 Å². The molecule has 0 radical (unpaired) electrons. The van der Waals surface area contributed by atoms with E-state index < -0.39 is 15.9 Å². The van der Waals surface area contributed by atoms with Crippen LogP contribution in [0.25, 0.3) is 0 Å². The van der Waals surface area contributed by atoms with Gasteiger partial charge in [0.1, 0.15) is 0 Å². The highest BCUT2D eigenvalue weighted by Gasteiger charge is 2.32. The van der Waals surface area contributed by atoms with Gasteiger partial charge in [-0.2, -0.15) is 4.31 Å². The molecular formula is C19H26N4O5S. The minimum absolute atomic E-state index is 0.00656. The number of hydrogen-bond donors (Lipinski definition) is 1. The number of rotatable bonds is 4. The normalized spacial score (nSPS) is 21.1. The molecule has 2 heterocycles. The van der Waals surface area contributed by atoms with Gasteiger partial charge in [-0.05, 0) is 38.1 Å². The van der Waals surface area contributed by atoms with Crippen LogP contribution in [-0.2, 0) is 20.2 Å². The fourth-order valence-corrected chi connectivity index (χ4v) is 4.59. The average molecular weight is 423 g/mol. The van der Waals surface area contributed by atoms with Crippen molar-refractivity contribution in [1.29, 1.82) is 0 Å². The Bertz CT molecular complexity index is 969. The molecule has 0 aliphatic carbocycles. The van der Waals surface area contributed by atoms with Crippen LogP contribution in [0.2, 0.25) is 0 Å². The zero-order chi connectivity index (χ0) is 21.4. The Hall–Kier alpha value is -2.30. The van der Waals surface area contributed by atoms with Crippen LogP contribution in [0.5, 0.6) is 0 Å². The third kappa shape index (κ3) is 4.82. The first kappa shape index (κ1) is 21.4. The zero-order valence-corrected chi connectivity index (χ0v) is 18.0. The molecule has 1 aliphatic rings. The molecule has 1 amide bonds. The second-order valence-electron chi connectivity index (χ2n) is 8.22. The van der Waals surface area contributed by atoms with Crippen molar-refractivity contribution in [2.45, 2.75) is 57.1 Å². The van der Waals surface area contributed by atoms with Crippen molar-refractivity contribution < 1.29 is 22.4 Å². The van der Waals surface area contributed by atoms with E-state index in [1.807, 2.05) is 34.6 Å². The molecule has 1 saturated heterocycles. The molecule has 2 unspecified atom stereocenters. The lowest BCUT2D eigenvalue weighted by molar-refractivity contribution is -0.0440. The summed E-state index contributed by atoms with van der Waals surface area (Å²) in [6, 6.07) is 5.74. The number of carbonyl (C=O) groups is 1. The molecule has 2 atom stereocenters. The topological polar surface area (TPSA) is 115 Å². The quantitative estimate of drug-likeness (QED) is 0.804. The summed E-state index contributed by atoms with van der Waals surface area (Å²) < 4.78 is 38.2. The Kier molecular flexibility index (Phi) is 5.79. The molecule has 1 N–H and O–H groups in total. The highest BCUT2D eigenvalue weighted by atomic mass is 32.2.